The van der Waals surface area contributed by atoms with Crippen LogP contribution in [-0.2, 0) is 10.5 Å². The molecule has 1 aromatic carbocycles. The summed E-state index contributed by atoms with van der Waals surface area (Å²) in [5, 5.41) is 7.50. The Kier molecular flexibility index (Phi) is 2.09. The summed E-state index contributed by atoms with van der Waals surface area (Å²) in [5.74, 6) is -0.605. The molecule has 0 fully saturated rings. The molecule has 2 rings (SSSR count). The molecule has 1 aliphatic heterocycles. The molecule has 76 valence electrons. The van der Waals surface area contributed by atoms with Crippen molar-refractivity contribution in [2.75, 3.05) is 0 Å². The summed E-state index contributed by atoms with van der Waals surface area (Å²) in [6, 6.07) is 9.04. The van der Waals surface area contributed by atoms with E-state index in [1.54, 1.807) is 12.1 Å². The van der Waals surface area contributed by atoms with Crippen LogP contribution >= 0.6 is 0 Å². The van der Waals surface area contributed by atoms with Gasteiger partial charge in [0.15, 0.2) is 5.66 Å². The largest absolute Gasteiger partial charge is 0.366 e. The molecule has 1 atom stereocenters. The Morgan fingerprint density at radius 2 is 1.93 bits per heavy atom. The van der Waals surface area contributed by atoms with Gasteiger partial charge < -0.3 is 5.73 Å². The highest BCUT2D eigenvalue weighted by Crippen LogP contribution is 2.32. The second-order valence-electron chi connectivity index (χ2n) is 3.25. The lowest BCUT2D eigenvalue weighted by Gasteiger charge is -2.21. The third-order valence-corrected chi connectivity index (χ3v) is 2.29. The van der Waals surface area contributed by atoms with Crippen molar-refractivity contribution in [2.24, 2.45) is 21.7 Å². The normalized spacial score (nSPS) is 23.9. The Labute approximate surface area is 86.5 Å². The maximum atomic E-state index is 11.1. The Bertz CT molecular complexity index is 452. The van der Waals surface area contributed by atoms with E-state index in [1.165, 1.54) is 6.20 Å². The van der Waals surface area contributed by atoms with Gasteiger partial charge in [0, 0.05) is 5.56 Å². The van der Waals surface area contributed by atoms with Crippen LogP contribution in [0.1, 0.15) is 5.56 Å². The first-order valence-corrected chi connectivity index (χ1v) is 4.41. The summed E-state index contributed by atoms with van der Waals surface area (Å²) in [5.41, 5.74) is 10.9. The quantitative estimate of drug-likeness (QED) is 0.736. The maximum absolute atomic E-state index is 11.1. The Morgan fingerprint density at radius 3 is 2.53 bits per heavy atom. The lowest BCUT2D eigenvalue weighted by molar-refractivity contribution is -0.115. The van der Waals surface area contributed by atoms with Gasteiger partial charge in [0.1, 0.15) is 0 Å². The molecule has 0 saturated carbocycles. The van der Waals surface area contributed by atoms with Crippen LogP contribution in [0.15, 0.2) is 52.3 Å². The molecule has 0 radical (unpaired) electrons. The average molecular weight is 202 g/mol. The Morgan fingerprint density at radius 1 is 1.27 bits per heavy atom. The molecule has 4 N–H and O–H groups in total. The van der Waals surface area contributed by atoms with E-state index in [1.807, 2.05) is 18.2 Å². The molecule has 0 bridgehead atoms. The first-order valence-electron chi connectivity index (χ1n) is 4.41. The lowest BCUT2D eigenvalue weighted by Crippen LogP contribution is -2.40. The van der Waals surface area contributed by atoms with E-state index in [-0.39, 0.29) is 5.57 Å². The van der Waals surface area contributed by atoms with Gasteiger partial charge in [0.05, 0.1) is 11.8 Å². The first kappa shape index (κ1) is 9.54. The van der Waals surface area contributed by atoms with E-state index < -0.39 is 11.6 Å². The number of amides is 1. The zero-order valence-corrected chi connectivity index (χ0v) is 7.92. The second kappa shape index (κ2) is 3.29. The van der Waals surface area contributed by atoms with Crippen LogP contribution in [0.3, 0.4) is 0 Å². The molecule has 0 spiro atoms. The van der Waals surface area contributed by atoms with Gasteiger partial charge >= 0.3 is 0 Å². The van der Waals surface area contributed by atoms with Crippen molar-refractivity contribution in [1.82, 2.24) is 0 Å². The number of hydrogen-bond acceptors (Lipinski definition) is 4. The number of hydrogen-bond donors (Lipinski definition) is 2. The zero-order valence-electron chi connectivity index (χ0n) is 7.92. The smallest absolute Gasteiger partial charge is 0.250 e. The van der Waals surface area contributed by atoms with E-state index in [2.05, 4.69) is 10.2 Å². The molecular formula is C10H10N4O. The first-order chi connectivity index (χ1) is 7.14. The molecule has 5 nitrogen and oxygen atoms in total. The van der Waals surface area contributed by atoms with Crippen LogP contribution in [0.4, 0.5) is 0 Å². The fourth-order valence-electron chi connectivity index (χ4n) is 1.49. The summed E-state index contributed by atoms with van der Waals surface area (Å²) in [6.07, 6.45) is 1.30. The molecule has 1 heterocycles. The van der Waals surface area contributed by atoms with Gasteiger partial charge in [-0.3, -0.25) is 10.5 Å². The molecular weight excluding hydrogens is 192 g/mol. The van der Waals surface area contributed by atoms with Crippen molar-refractivity contribution >= 4 is 5.91 Å². The summed E-state index contributed by atoms with van der Waals surface area (Å²) in [6.45, 7) is 0. The van der Waals surface area contributed by atoms with Gasteiger partial charge in [-0.25, -0.2) is 0 Å². The van der Waals surface area contributed by atoms with Crippen molar-refractivity contribution in [3.8, 4) is 0 Å². The van der Waals surface area contributed by atoms with Gasteiger partial charge in [0.2, 0.25) is 0 Å². The van der Waals surface area contributed by atoms with Crippen molar-refractivity contribution in [3.05, 3.63) is 47.7 Å². The molecule has 0 saturated heterocycles. The molecule has 5 heteroatoms. The minimum atomic E-state index is -1.23. The third kappa shape index (κ3) is 1.42. The highest BCUT2D eigenvalue weighted by Gasteiger charge is 2.38. The minimum absolute atomic E-state index is 0.203. The topological polar surface area (TPSA) is 93.8 Å². The van der Waals surface area contributed by atoms with Crippen LogP contribution in [0.25, 0.3) is 0 Å². The van der Waals surface area contributed by atoms with E-state index >= 15 is 0 Å². The van der Waals surface area contributed by atoms with Crippen molar-refractivity contribution in [3.63, 3.8) is 0 Å². The molecule has 1 aliphatic rings. The molecule has 0 aromatic heterocycles. The third-order valence-electron chi connectivity index (χ3n) is 2.29. The number of nitrogens with two attached hydrogens (primary N) is 2. The lowest BCUT2D eigenvalue weighted by atomic mass is 9.93. The van der Waals surface area contributed by atoms with Crippen LogP contribution in [0.5, 0.6) is 0 Å². The van der Waals surface area contributed by atoms with Crippen LogP contribution in [0.2, 0.25) is 0 Å². The summed E-state index contributed by atoms with van der Waals surface area (Å²) in [7, 11) is 0. The fraction of sp³-hybridized carbons (Fsp3) is 0.100. The highest BCUT2D eigenvalue weighted by molar-refractivity contribution is 5.94. The van der Waals surface area contributed by atoms with E-state index in [0.717, 1.165) is 0 Å². The molecule has 1 aromatic rings. The number of nitrogens with zero attached hydrogens (tertiary/aromatic N) is 2. The molecule has 1 unspecified atom stereocenters. The summed E-state index contributed by atoms with van der Waals surface area (Å²) in [4.78, 5) is 11.1. The molecule has 0 aliphatic carbocycles. The van der Waals surface area contributed by atoms with Gasteiger partial charge in [-0.2, -0.15) is 10.2 Å². The number of rotatable bonds is 2. The van der Waals surface area contributed by atoms with Crippen LogP contribution in [0, 0.1) is 0 Å². The van der Waals surface area contributed by atoms with E-state index in [9.17, 15) is 4.79 Å². The van der Waals surface area contributed by atoms with Gasteiger partial charge in [-0.05, 0) is 0 Å². The van der Waals surface area contributed by atoms with Crippen molar-refractivity contribution < 1.29 is 4.79 Å². The van der Waals surface area contributed by atoms with Gasteiger partial charge in [-0.1, -0.05) is 30.3 Å². The number of primary amides is 1. The number of carbonyl (C=O) groups excluding carboxylic acids is 1. The van der Waals surface area contributed by atoms with Gasteiger partial charge in [0.25, 0.3) is 5.91 Å². The van der Waals surface area contributed by atoms with Crippen molar-refractivity contribution in [1.29, 1.82) is 0 Å². The van der Waals surface area contributed by atoms with Crippen molar-refractivity contribution in [2.45, 2.75) is 5.66 Å². The zero-order chi connectivity index (χ0) is 10.9. The fourth-order valence-corrected chi connectivity index (χ4v) is 1.49. The number of carbonyl (C=O) groups is 1. The number of azo groups is 1. The van der Waals surface area contributed by atoms with E-state index in [0.29, 0.717) is 5.56 Å². The summed E-state index contributed by atoms with van der Waals surface area (Å²) >= 11 is 0. The summed E-state index contributed by atoms with van der Waals surface area (Å²) < 4.78 is 0. The standard InChI is InChI=1S/C10H10N4O/c11-9(15)8-6-13-14-10(8,12)7-4-2-1-3-5-7/h1-6H,12H2,(H2,11,15). The SMILES string of the molecule is NC(=O)C1=CN=NC1(N)c1ccccc1. The molecule has 15 heavy (non-hydrogen) atoms. The Hall–Kier alpha value is -2.01. The van der Waals surface area contributed by atoms with E-state index in [4.69, 9.17) is 11.5 Å². The monoisotopic (exact) mass is 202 g/mol. The predicted molar refractivity (Wildman–Crippen MR) is 54.4 cm³/mol. The Balaban J connectivity index is 2.48. The highest BCUT2D eigenvalue weighted by atomic mass is 16.1. The second-order valence-corrected chi connectivity index (χ2v) is 3.25. The predicted octanol–water partition coefficient (Wildman–Crippen LogP) is 0.633. The van der Waals surface area contributed by atoms with Gasteiger partial charge in [-0.15, -0.1) is 0 Å². The number of benzene rings is 1. The maximum Gasteiger partial charge on any atom is 0.250 e. The average Bonchev–Trinajstić information content (AvgIpc) is 2.63. The van der Waals surface area contributed by atoms with Crippen LogP contribution in [-0.4, -0.2) is 5.91 Å². The minimum Gasteiger partial charge on any atom is -0.366 e. The van der Waals surface area contributed by atoms with Crippen LogP contribution < -0.4 is 11.5 Å². The molecule has 1 amide bonds.